The van der Waals surface area contributed by atoms with E-state index in [1.807, 2.05) is 18.2 Å². The number of halogens is 2. The van der Waals surface area contributed by atoms with Gasteiger partial charge in [0.05, 0.1) is 21.4 Å². The minimum atomic E-state index is -0.0850. The molecule has 204 valence electrons. The molecule has 0 radical (unpaired) electrons. The van der Waals surface area contributed by atoms with E-state index in [1.165, 1.54) is 11.3 Å². The van der Waals surface area contributed by atoms with Gasteiger partial charge in [0, 0.05) is 37.3 Å². The third-order valence-corrected chi connectivity index (χ3v) is 7.57. The third kappa shape index (κ3) is 6.59. The molecule has 0 bridgehead atoms. The fourth-order valence-corrected chi connectivity index (χ4v) is 5.56. The van der Waals surface area contributed by atoms with Crippen molar-refractivity contribution in [3.05, 3.63) is 130 Å². The summed E-state index contributed by atoms with van der Waals surface area (Å²) in [4.78, 5) is 7.66. The van der Waals surface area contributed by atoms with Crippen LogP contribution in [0.1, 0.15) is 36.6 Å². The van der Waals surface area contributed by atoms with Crippen molar-refractivity contribution < 1.29 is 5.11 Å². The lowest BCUT2D eigenvalue weighted by molar-refractivity contribution is 0.241. The first-order valence-corrected chi connectivity index (χ1v) is 14.4. The zero-order chi connectivity index (χ0) is 27.9. The van der Waals surface area contributed by atoms with Crippen LogP contribution >= 0.6 is 23.2 Å². The predicted octanol–water partition coefficient (Wildman–Crippen LogP) is 9.23. The van der Waals surface area contributed by atoms with Crippen molar-refractivity contribution in [2.45, 2.75) is 45.9 Å². The van der Waals surface area contributed by atoms with Gasteiger partial charge in [0.2, 0.25) is 0 Å². The van der Waals surface area contributed by atoms with Gasteiger partial charge in [-0.05, 0) is 29.7 Å². The molecule has 0 saturated carbocycles. The molecule has 4 aromatic carbocycles. The lowest BCUT2D eigenvalue weighted by Gasteiger charge is -2.25. The molecule has 1 heterocycles. The van der Waals surface area contributed by atoms with Crippen LogP contribution in [0.25, 0.3) is 22.6 Å². The number of aromatic hydroxyl groups is 1. The van der Waals surface area contributed by atoms with E-state index < -0.39 is 0 Å². The number of nitrogens with zero attached hydrogens (tertiary/aromatic N) is 3. The highest BCUT2D eigenvalue weighted by Crippen LogP contribution is 2.35. The lowest BCUT2D eigenvalue weighted by Crippen LogP contribution is -2.24. The number of hydrogen-bond donors (Lipinski definition) is 1. The number of aromatic nitrogens is 2. The Morgan fingerprint density at radius 2 is 1.27 bits per heavy atom. The van der Waals surface area contributed by atoms with Crippen molar-refractivity contribution in [1.29, 1.82) is 0 Å². The first kappa shape index (κ1) is 28.0. The van der Waals surface area contributed by atoms with Crippen molar-refractivity contribution in [2.75, 3.05) is 0 Å². The molecule has 0 spiro atoms. The molecule has 0 fully saturated rings. The van der Waals surface area contributed by atoms with E-state index in [4.69, 9.17) is 28.2 Å². The second kappa shape index (κ2) is 13.2. The smallest absolute Gasteiger partial charge is 0.152 e. The first-order valence-electron chi connectivity index (χ1n) is 13.7. The van der Waals surface area contributed by atoms with Gasteiger partial charge in [-0.3, -0.25) is 4.90 Å². The zero-order valence-corrected chi connectivity index (χ0v) is 24.1. The summed E-state index contributed by atoms with van der Waals surface area (Å²) in [6.45, 7) is 5.09. The van der Waals surface area contributed by atoms with Gasteiger partial charge in [-0.25, -0.2) is 4.98 Å². The monoisotopic (exact) mass is 569 g/mol. The Hall–Kier alpha value is -3.57. The Balaban J connectivity index is 1.62. The number of phenolic OH excluding ortho intramolecular Hbond substituents is 1. The summed E-state index contributed by atoms with van der Waals surface area (Å²) >= 11 is 12.6. The van der Waals surface area contributed by atoms with E-state index in [0.29, 0.717) is 13.1 Å². The summed E-state index contributed by atoms with van der Waals surface area (Å²) in [5.74, 6) is 0.900. The van der Waals surface area contributed by atoms with Gasteiger partial charge in [-0.2, -0.15) is 0 Å². The molecule has 0 aliphatic heterocycles. The molecule has 6 heteroatoms. The maximum Gasteiger partial charge on any atom is 0.152 e. The normalized spacial score (nSPS) is 11.3. The topological polar surface area (TPSA) is 41.3 Å². The number of unbranched alkanes of at least 4 members (excludes halogenated alkanes) is 1. The van der Waals surface area contributed by atoms with Crippen molar-refractivity contribution >= 4 is 23.2 Å². The van der Waals surface area contributed by atoms with Crippen LogP contribution < -0.4 is 0 Å². The van der Waals surface area contributed by atoms with Gasteiger partial charge in [0.15, 0.2) is 5.75 Å². The fraction of sp³-hybridized carbons (Fsp3) is 0.206. The van der Waals surface area contributed by atoms with Gasteiger partial charge in [0.25, 0.3) is 0 Å². The van der Waals surface area contributed by atoms with Crippen molar-refractivity contribution in [1.82, 2.24) is 14.5 Å². The van der Waals surface area contributed by atoms with Gasteiger partial charge in [0.1, 0.15) is 5.82 Å². The Morgan fingerprint density at radius 3 is 1.88 bits per heavy atom. The Bertz CT molecular complexity index is 1510. The molecule has 1 aromatic heterocycles. The number of hydrogen-bond acceptors (Lipinski definition) is 3. The second-order valence-corrected chi connectivity index (χ2v) is 10.8. The molecule has 0 atom stereocenters. The second-order valence-electron chi connectivity index (χ2n) is 10.0. The zero-order valence-electron chi connectivity index (χ0n) is 22.6. The molecule has 4 nitrogen and oxygen atoms in total. The number of benzene rings is 4. The van der Waals surface area contributed by atoms with Crippen molar-refractivity contribution in [3.8, 4) is 28.4 Å². The van der Waals surface area contributed by atoms with Gasteiger partial charge in [-0.15, -0.1) is 0 Å². The van der Waals surface area contributed by atoms with Gasteiger partial charge >= 0.3 is 0 Å². The van der Waals surface area contributed by atoms with Crippen LogP contribution in [0.2, 0.25) is 10.0 Å². The van der Waals surface area contributed by atoms with E-state index in [2.05, 4.69) is 89.2 Å². The van der Waals surface area contributed by atoms with Crippen molar-refractivity contribution in [3.63, 3.8) is 0 Å². The predicted molar refractivity (Wildman–Crippen MR) is 166 cm³/mol. The molecule has 0 aliphatic rings. The Morgan fingerprint density at radius 1 is 0.725 bits per heavy atom. The largest absolute Gasteiger partial charge is 0.505 e. The first-order chi connectivity index (χ1) is 19.5. The van der Waals surface area contributed by atoms with Crippen LogP contribution in [-0.4, -0.2) is 19.6 Å². The standard InChI is InChI=1S/C34H33Cl2N3O/c1-2-3-19-39-31(32(27-15-9-5-10-16-27)37-34(39)28-17-11-6-12-18-28)24-38(22-25-13-7-4-8-14-25)23-26-20-29(35)33(40)30(36)21-26/h4-18,20-21,40H,2-3,19,22-24H2,1H3. The summed E-state index contributed by atoms with van der Waals surface area (Å²) < 4.78 is 2.40. The van der Waals surface area contributed by atoms with Crippen LogP contribution in [0.4, 0.5) is 0 Å². The molecule has 0 aliphatic carbocycles. The SMILES string of the molecule is CCCCn1c(-c2ccccc2)nc(-c2ccccc2)c1CN(Cc1ccccc1)Cc1cc(Cl)c(O)c(Cl)c1. The van der Waals surface area contributed by atoms with E-state index in [-0.39, 0.29) is 15.8 Å². The van der Waals surface area contributed by atoms with Crippen LogP contribution in [-0.2, 0) is 26.2 Å². The summed E-state index contributed by atoms with van der Waals surface area (Å²) in [5, 5.41) is 10.7. The van der Waals surface area contributed by atoms with Crippen LogP contribution in [0.15, 0.2) is 103 Å². The van der Waals surface area contributed by atoms with Crippen molar-refractivity contribution in [2.24, 2.45) is 0 Å². The molecular formula is C34H33Cl2N3O. The molecule has 0 amide bonds. The maximum atomic E-state index is 10.1. The summed E-state index contributed by atoms with van der Waals surface area (Å²) in [6.07, 6.45) is 2.14. The molecule has 0 saturated heterocycles. The third-order valence-electron chi connectivity index (χ3n) is 6.99. The molecule has 5 aromatic rings. The highest BCUT2D eigenvalue weighted by molar-refractivity contribution is 6.37. The summed E-state index contributed by atoms with van der Waals surface area (Å²) in [6, 6.07) is 34.9. The molecule has 40 heavy (non-hydrogen) atoms. The van der Waals surface area contributed by atoms with E-state index >= 15 is 0 Å². The summed E-state index contributed by atoms with van der Waals surface area (Å²) in [7, 11) is 0. The number of imidazole rings is 1. The average molecular weight is 571 g/mol. The minimum Gasteiger partial charge on any atom is -0.505 e. The highest BCUT2D eigenvalue weighted by atomic mass is 35.5. The average Bonchev–Trinajstić information content (AvgIpc) is 3.34. The van der Waals surface area contributed by atoms with Gasteiger partial charge < -0.3 is 9.67 Å². The molecule has 1 N–H and O–H groups in total. The number of phenols is 1. The minimum absolute atomic E-state index is 0.0850. The van der Waals surface area contributed by atoms with E-state index in [9.17, 15) is 5.11 Å². The quantitative estimate of drug-likeness (QED) is 0.172. The highest BCUT2D eigenvalue weighted by Gasteiger charge is 2.22. The molecule has 0 unspecified atom stereocenters. The van der Waals surface area contributed by atoms with Crippen LogP contribution in [0, 0.1) is 0 Å². The number of rotatable bonds is 11. The molecule has 5 rings (SSSR count). The summed E-state index contributed by atoms with van der Waals surface area (Å²) in [5.41, 5.74) is 6.52. The molecular weight excluding hydrogens is 537 g/mol. The fourth-order valence-electron chi connectivity index (χ4n) is 5.03. The van der Waals surface area contributed by atoms with Gasteiger partial charge in [-0.1, -0.05) is 128 Å². The van der Waals surface area contributed by atoms with Crippen LogP contribution in [0.5, 0.6) is 5.75 Å². The van der Waals surface area contributed by atoms with Crippen LogP contribution in [0.3, 0.4) is 0 Å². The van der Waals surface area contributed by atoms with E-state index in [1.54, 1.807) is 12.1 Å². The lowest BCUT2D eigenvalue weighted by atomic mass is 10.1. The maximum absolute atomic E-state index is 10.1. The Kier molecular flexibility index (Phi) is 9.22. The van der Waals surface area contributed by atoms with E-state index in [0.717, 1.165) is 54.1 Å². The Labute approximate surface area is 246 Å².